The molecule has 4 atom stereocenters. The van der Waals surface area contributed by atoms with Gasteiger partial charge in [-0.1, -0.05) is 49.4 Å². The van der Waals surface area contributed by atoms with E-state index in [1.807, 2.05) is 44.2 Å². The summed E-state index contributed by atoms with van der Waals surface area (Å²) in [5, 5.41) is 13.0. The molecule has 2 bridgehead atoms. The summed E-state index contributed by atoms with van der Waals surface area (Å²) < 4.78 is 12.1. The van der Waals surface area contributed by atoms with E-state index in [2.05, 4.69) is 5.32 Å². The highest BCUT2D eigenvalue weighted by atomic mass is 16.5. The summed E-state index contributed by atoms with van der Waals surface area (Å²) in [5.74, 6) is -0.553. The fraction of sp³-hybridized carbons (Fsp3) is 0.462. The third-order valence-electron chi connectivity index (χ3n) is 5.74. The number of aliphatic hydroxyl groups is 1. The molecule has 6 heteroatoms. The lowest BCUT2D eigenvalue weighted by Gasteiger charge is -2.36. The van der Waals surface area contributed by atoms with Crippen LogP contribution in [-0.4, -0.2) is 41.4 Å². The first kappa shape index (κ1) is 24.0. The minimum atomic E-state index is -0.425. The standard InChI is InChI=1S/C26H33NO5/c1-3-4-5-6-12-24(29)27-13-8-11-21-17-23-16-20(28)15-22(31-23)14-19-10-7-9-18(2)25(19)26(30)32-21/h4-10,12-13,20-23,28H,3,11,14-17H2,1-2H3,(H,27,29)/b5-4-,12-6-,13-8+. The second-order valence-corrected chi connectivity index (χ2v) is 8.42. The van der Waals surface area contributed by atoms with Gasteiger partial charge in [-0.05, 0) is 43.7 Å². The van der Waals surface area contributed by atoms with Gasteiger partial charge in [0.2, 0.25) is 5.91 Å². The van der Waals surface area contributed by atoms with Gasteiger partial charge in [0.1, 0.15) is 6.10 Å². The Kier molecular flexibility index (Phi) is 8.82. The lowest BCUT2D eigenvalue weighted by Crippen LogP contribution is -2.40. The normalized spacial score (nSPS) is 26.3. The maximum atomic E-state index is 13.0. The zero-order valence-electron chi connectivity index (χ0n) is 18.8. The molecule has 1 aromatic carbocycles. The van der Waals surface area contributed by atoms with E-state index in [0.717, 1.165) is 17.5 Å². The molecule has 1 saturated heterocycles. The second kappa shape index (κ2) is 11.8. The molecule has 2 aliphatic rings. The van der Waals surface area contributed by atoms with Crippen molar-refractivity contribution >= 4 is 11.9 Å². The van der Waals surface area contributed by atoms with Crippen molar-refractivity contribution < 1.29 is 24.2 Å². The molecule has 0 radical (unpaired) electrons. The number of ether oxygens (including phenoxy) is 2. The van der Waals surface area contributed by atoms with Crippen molar-refractivity contribution in [3.63, 3.8) is 0 Å². The monoisotopic (exact) mass is 439 g/mol. The van der Waals surface area contributed by atoms with Crippen molar-refractivity contribution in [2.24, 2.45) is 0 Å². The van der Waals surface area contributed by atoms with Crippen LogP contribution in [-0.2, 0) is 20.7 Å². The van der Waals surface area contributed by atoms with Gasteiger partial charge in [0, 0.05) is 25.1 Å². The Morgan fingerprint density at radius 2 is 2.00 bits per heavy atom. The maximum Gasteiger partial charge on any atom is 0.338 e. The van der Waals surface area contributed by atoms with E-state index in [1.54, 1.807) is 18.4 Å². The Balaban J connectivity index is 1.70. The second-order valence-electron chi connectivity index (χ2n) is 8.42. The topological polar surface area (TPSA) is 84.9 Å². The minimum Gasteiger partial charge on any atom is -0.458 e. The van der Waals surface area contributed by atoms with E-state index in [0.29, 0.717) is 37.7 Å². The maximum absolute atomic E-state index is 13.0. The fourth-order valence-corrected chi connectivity index (χ4v) is 4.27. The number of hydrogen-bond acceptors (Lipinski definition) is 5. The van der Waals surface area contributed by atoms with Gasteiger partial charge >= 0.3 is 5.97 Å². The number of aliphatic hydroxyl groups excluding tert-OH is 1. The lowest BCUT2D eigenvalue weighted by molar-refractivity contribution is -0.115. The lowest BCUT2D eigenvalue weighted by atomic mass is 9.90. The first-order valence-electron chi connectivity index (χ1n) is 11.4. The average molecular weight is 440 g/mol. The molecule has 0 aromatic heterocycles. The van der Waals surface area contributed by atoms with Crippen molar-refractivity contribution in [1.82, 2.24) is 5.32 Å². The Bertz CT molecular complexity index is 888. The van der Waals surface area contributed by atoms with Gasteiger partial charge in [-0.25, -0.2) is 4.79 Å². The smallest absolute Gasteiger partial charge is 0.338 e. The molecule has 1 amide bonds. The molecule has 1 fully saturated rings. The van der Waals surface area contributed by atoms with Gasteiger partial charge in [0.15, 0.2) is 0 Å². The summed E-state index contributed by atoms with van der Waals surface area (Å²) in [4.78, 5) is 24.9. The van der Waals surface area contributed by atoms with Crippen LogP contribution in [0.5, 0.6) is 0 Å². The molecule has 3 rings (SSSR count). The Morgan fingerprint density at radius 3 is 2.81 bits per heavy atom. The summed E-state index contributed by atoms with van der Waals surface area (Å²) in [5.41, 5.74) is 2.34. The summed E-state index contributed by atoms with van der Waals surface area (Å²) in [7, 11) is 0. The van der Waals surface area contributed by atoms with Crippen molar-refractivity contribution in [2.75, 3.05) is 0 Å². The number of allylic oxidation sites excluding steroid dienone is 3. The largest absolute Gasteiger partial charge is 0.458 e. The molecule has 1 aromatic rings. The molecule has 6 nitrogen and oxygen atoms in total. The summed E-state index contributed by atoms with van der Waals surface area (Å²) in [6.07, 6.45) is 12.7. The summed E-state index contributed by atoms with van der Waals surface area (Å²) in [6, 6.07) is 5.76. The molecule has 0 aliphatic carbocycles. The molecule has 2 heterocycles. The van der Waals surface area contributed by atoms with Crippen molar-refractivity contribution in [3.8, 4) is 0 Å². The molecule has 4 unspecified atom stereocenters. The van der Waals surface area contributed by atoms with Crippen molar-refractivity contribution in [3.05, 3.63) is 71.5 Å². The highest BCUT2D eigenvalue weighted by molar-refractivity contribution is 5.93. The number of benzene rings is 1. The van der Waals surface area contributed by atoms with Crippen LogP contribution in [0.25, 0.3) is 0 Å². The van der Waals surface area contributed by atoms with Gasteiger partial charge in [0.25, 0.3) is 0 Å². The highest BCUT2D eigenvalue weighted by Crippen LogP contribution is 2.30. The van der Waals surface area contributed by atoms with Crippen LogP contribution in [0.2, 0.25) is 0 Å². The van der Waals surface area contributed by atoms with E-state index < -0.39 is 12.2 Å². The SMILES string of the molecule is CC/C=C\C=C/C(=O)N/C=C/CC1CC2CC(O)CC(Cc3cccc(C)c3C(=O)O1)O2. The number of carbonyl (C=O) groups excluding carboxylic acids is 2. The average Bonchev–Trinajstić information content (AvgIpc) is 2.73. The molecular weight excluding hydrogens is 406 g/mol. The molecular formula is C26H33NO5. The number of carbonyl (C=O) groups is 2. The van der Waals surface area contributed by atoms with E-state index in [1.165, 1.54) is 6.08 Å². The molecule has 32 heavy (non-hydrogen) atoms. The van der Waals surface area contributed by atoms with Gasteiger partial charge < -0.3 is 19.9 Å². The number of aryl methyl sites for hydroxylation is 1. The first-order valence-corrected chi connectivity index (χ1v) is 11.4. The zero-order valence-corrected chi connectivity index (χ0v) is 18.8. The number of esters is 1. The Hall–Kier alpha value is -2.70. The molecule has 0 saturated carbocycles. The predicted octanol–water partition coefficient (Wildman–Crippen LogP) is 3.92. The van der Waals surface area contributed by atoms with E-state index in [-0.39, 0.29) is 24.1 Å². The number of amides is 1. The van der Waals surface area contributed by atoms with Crippen molar-refractivity contribution in [1.29, 1.82) is 0 Å². The summed E-state index contributed by atoms with van der Waals surface area (Å²) >= 11 is 0. The van der Waals surface area contributed by atoms with Crippen LogP contribution in [0, 0.1) is 6.92 Å². The molecule has 0 spiro atoms. The molecule has 172 valence electrons. The van der Waals surface area contributed by atoms with Crippen LogP contribution in [0.4, 0.5) is 0 Å². The summed E-state index contributed by atoms with van der Waals surface area (Å²) in [6.45, 7) is 3.93. The fourth-order valence-electron chi connectivity index (χ4n) is 4.27. The predicted molar refractivity (Wildman–Crippen MR) is 123 cm³/mol. The van der Waals surface area contributed by atoms with Gasteiger partial charge in [-0.3, -0.25) is 4.79 Å². The van der Waals surface area contributed by atoms with Gasteiger partial charge in [-0.2, -0.15) is 0 Å². The molecule has 2 N–H and O–H groups in total. The number of rotatable bonds is 6. The van der Waals surface area contributed by atoms with Crippen LogP contribution in [0.1, 0.15) is 60.5 Å². The third kappa shape index (κ3) is 6.90. The first-order chi connectivity index (χ1) is 15.5. The van der Waals surface area contributed by atoms with Crippen LogP contribution >= 0.6 is 0 Å². The minimum absolute atomic E-state index is 0.126. The Labute approximate surface area is 190 Å². The number of hydrogen-bond donors (Lipinski definition) is 2. The number of nitrogens with one attached hydrogen (secondary N) is 1. The van der Waals surface area contributed by atoms with E-state index in [4.69, 9.17) is 9.47 Å². The number of cyclic esters (lactones) is 1. The van der Waals surface area contributed by atoms with Crippen molar-refractivity contribution in [2.45, 2.75) is 76.8 Å². The van der Waals surface area contributed by atoms with Crippen LogP contribution < -0.4 is 5.32 Å². The zero-order chi connectivity index (χ0) is 22.9. The van der Waals surface area contributed by atoms with Gasteiger partial charge in [0.05, 0.1) is 23.9 Å². The van der Waals surface area contributed by atoms with Crippen LogP contribution in [0.15, 0.2) is 54.8 Å². The van der Waals surface area contributed by atoms with E-state index in [9.17, 15) is 14.7 Å². The third-order valence-corrected chi connectivity index (χ3v) is 5.74. The van der Waals surface area contributed by atoms with Gasteiger partial charge in [-0.15, -0.1) is 0 Å². The highest BCUT2D eigenvalue weighted by Gasteiger charge is 2.33. The Morgan fingerprint density at radius 1 is 1.19 bits per heavy atom. The quantitative estimate of drug-likeness (QED) is 0.399. The van der Waals surface area contributed by atoms with E-state index >= 15 is 0 Å². The number of fused-ring (bicyclic) bond motifs is 3. The molecule has 2 aliphatic heterocycles. The van der Waals surface area contributed by atoms with Crippen LogP contribution in [0.3, 0.4) is 0 Å².